The molecule has 0 saturated heterocycles. The highest BCUT2D eigenvalue weighted by molar-refractivity contribution is 5.16. The molecule has 0 amide bonds. The third-order valence-electron chi connectivity index (χ3n) is 13.6. The minimum Gasteiger partial charge on any atom is -0.377 e. The van der Waals surface area contributed by atoms with Crippen LogP contribution in [0.1, 0.15) is 90.5 Å². The van der Waals surface area contributed by atoms with Crippen LogP contribution in [0.2, 0.25) is 0 Å². The lowest BCUT2D eigenvalue weighted by Gasteiger charge is -2.64. The second-order valence-corrected chi connectivity index (χ2v) is 16.1. The number of hydrogen-bond donors (Lipinski definition) is 0. The number of hydrogen-bond acceptors (Lipinski definition) is 5. The Kier molecular flexibility index (Phi) is 13.0. The van der Waals surface area contributed by atoms with Crippen LogP contribution in [-0.2, 0) is 20.8 Å². The van der Waals surface area contributed by atoms with Crippen LogP contribution >= 0.6 is 0 Å². The van der Waals surface area contributed by atoms with Crippen molar-refractivity contribution in [3.63, 3.8) is 0 Å². The maximum absolute atomic E-state index is 9.39. The smallest absolute Gasteiger partial charge is 0.237 e. The Morgan fingerprint density at radius 1 is 0.958 bits per heavy atom. The minimum atomic E-state index is 0.0403. The summed E-state index contributed by atoms with van der Waals surface area (Å²) in [6, 6.07) is 13.1. The number of ether oxygens (including phenoxy) is 3. The normalized spacial score (nSPS) is 36.2. The van der Waals surface area contributed by atoms with Gasteiger partial charge in [0.15, 0.2) is 0 Å². The Morgan fingerprint density at radius 3 is 2.44 bits per heavy atom. The predicted octanol–water partition coefficient (Wildman–Crippen LogP) is 8.32. The molecular formula is C41H60N4O3. The molecule has 4 fully saturated rings. The molecule has 0 N–H and O–H groups in total. The Hall–Kier alpha value is -2.47. The first kappa shape index (κ1) is 36.8. The lowest BCUT2D eigenvalue weighted by atomic mass is 9.43. The molecule has 1 aromatic rings. The molecule has 7 nitrogen and oxygen atoms in total. The SMILES string of the molecule is [C-]#[N+]CCO[C@@H]1CC[C@@]2(C)[C@@H](C1)C[C@@H](OCCC#N)[C@@H]1[C@@H]2C[C@H](OCC[N+]#[C-])[C@]2(C)[C@@H]([C@H](C)CCCN(C)Cc3ccccc3)CC[C@@H]12. The van der Waals surface area contributed by atoms with E-state index in [0.29, 0.717) is 74.8 Å². The van der Waals surface area contributed by atoms with Gasteiger partial charge >= 0.3 is 0 Å². The van der Waals surface area contributed by atoms with Crippen molar-refractivity contribution in [1.82, 2.24) is 4.90 Å². The summed E-state index contributed by atoms with van der Waals surface area (Å²) in [5.74, 6) is 3.14. The van der Waals surface area contributed by atoms with Crippen molar-refractivity contribution in [2.75, 3.05) is 46.5 Å². The van der Waals surface area contributed by atoms with Gasteiger partial charge in [-0.05, 0) is 118 Å². The maximum Gasteiger partial charge on any atom is 0.237 e. The van der Waals surface area contributed by atoms with Crippen molar-refractivity contribution in [2.24, 2.45) is 46.3 Å². The molecule has 262 valence electrons. The molecule has 4 saturated carbocycles. The Labute approximate surface area is 291 Å². The van der Waals surface area contributed by atoms with E-state index in [1.807, 2.05) is 0 Å². The van der Waals surface area contributed by atoms with Crippen molar-refractivity contribution in [3.05, 3.63) is 58.7 Å². The summed E-state index contributed by atoms with van der Waals surface area (Å²) in [5, 5.41) is 9.39. The second-order valence-electron chi connectivity index (χ2n) is 16.1. The average Bonchev–Trinajstić information content (AvgIpc) is 3.44. The molecular weight excluding hydrogens is 596 g/mol. The van der Waals surface area contributed by atoms with Gasteiger partial charge in [-0.25, -0.2) is 13.1 Å². The predicted molar refractivity (Wildman–Crippen MR) is 190 cm³/mol. The van der Waals surface area contributed by atoms with E-state index in [1.165, 1.54) is 31.2 Å². The largest absolute Gasteiger partial charge is 0.377 e. The molecule has 0 radical (unpaired) electrons. The summed E-state index contributed by atoms with van der Waals surface area (Å²) in [4.78, 5) is 9.62. The van der Waals surface area contributed by atoms with Gasteiger partial charge in [-0.1, -0.05) is 51.1 Å². The molecule has 0 bridgehead atoms. The van der Waals surface area contributed by atoms with Crippen LogP contribution in [0.15, 0.2) is 30.3 Å². The van der Waals surface area contributed by atoms with E-state index >= 15 is 0 Å². The van der Waals surface area contributed by atoms with E-state index < -0.39 is 0 Å². The van der Waals surface area contributed by atoms with Crippen LogP contribution in [0, 0.1) is 70.8 Å². The summed E-state index contributed by atoms with van der Waals surface area (Å²) in [7, 11) is 2.24. The van der Waals surface area contributed by atoms with Crippen molar-refractivity contribution in [1.29, 1.82) is 5.26 Å². The summed E-state index contributed by atoms with van der Waals surface area (Å²) >= 11 is 0. The van der Waals surface area contributed by atoms with Gasteiger partial charge in [0.2, 0.25) is 13.1 Å². The molecule has 5 rings (SSSR count). The Bertz CT molecular complexity index is 1290. The van der Waals surface area contributed by atoms with Crippen molar-refractivity contribution in [2.45, 2.75) is 110 Å². The zero-order valence-electron chi connectivity index (χ0n) is 30.1. The number of rotatable bonds is 16. The number of nitriles is 1. The molecule has 0 aliphatic heterocycles. The second kappa shape index (κ2) is 17.0. The van der Waals surface area contributed by atoms with Crippen molar-refractivity contribution < 1.29 is 14.2 Å². The molecule has 11 atom stereocenters. The quantitative estimate of drug-likeness (QED) is 0.132. The van der Waals surface area contributed by atoms with Gasteiger partial charge in [0.25, 0.3) is 0 Å². The number of benzene rings is 1. The maximum atomic E-state index is 9.39. The average molecular weight is 657 g/mol. The molecule has 7 heteroatoms. The summed E-state index contributed by atoms with van der Waals surface area (Å²) in [6.07, 6.45) is 11.1. The lowest BCUT2D eigenvalue weighted by Crippen LogP contribution is -2.63. The summed E-state index contributed by atoms with van der Waals surface area (Å²) in [6.45, 7) is 26.7. The molecule has 0 unspecified atom stereocenters. The summed E-state index contributed by atoms with van der Waals surface area (Å²) in [5.41, 5.74) is 1.60. The highest BCUT2D eigenvalue weighted by Gasteiger charge is 2.66. The highest BCUT2D eigenvalue weighted by Crippen LogP contribution is 2.69. The summed E-state index contributed by atoms with van der Waals surface area (Å²) < 4.78 is 19.8. The first-order valence-electron chi connectivity index (χ1n) is 18.9. The zero-order chi connectivity index (χ0) is 34.1. The molecule has 4 aliphatic rings. The van der Waals surface area contributed by atoms with Gasteiger partial charge in [0.05, 0.1) is 37.4 Å². The molecule has 0 spiro atoms. The monoisotopic (exact) mass is 656 g/mol. The first-order chi connectivity index (χ1) is 23.3. The van der Waals surface area contributed by atoms with Crippen LogP contribution in [0.25, 0.3) is 9.69 Å². The van der Waals surface area contributed by atoms with Crippen LogP contribution in [0.4, 0.5) is 0 Å². The Morgan fingerprint density at radius 2 is 1.71 bits per heavy atom. The zero-order valence-corrected chi connectivity index (χ0v) is 30.1. The van der Waals surface area contributed by atoms with Crippen LogP contribution < -0.4 is 0 Å². The van der Waals surface area contributed by atoms with Gasteiger partial charge in [0.1, 0.15) is 13.2 Å². The van der Waals surface area contributed by atoms with Gasteiger partial charge in [-0.15, -0.1) is 0 Å². The van der Waals surface area contributed by atoms with Gasteiger partial charge in [0, 0.05) is 12.0 Å². The van der Waals surface area contributed by atoms with Crippen LogP contribution in [-0.4, -0.2) is 69.7 Å². The number of nitrogens with zero attached hydrogens (tertiary/aromatic N) is 4. The van der Waals surface area contributed by atoms with E-state index in [2.05, 4.69) is 78.8 Å². The van der Waals surface area contributed by atoms with E-state index in [-0.39, 0.29) is 29.1 Å². The Balaban J connectivity index is 1.35. The van der Waals surface area contributed by atoms with Gasteiger partial charge < -0.3 is 28.8 Å². The molecule has 1 aromatic carbocycles. The van der Waals surface area contributed by atoms with Gasteiger partial charge in [-0.2, -0.15) is 5.26 Å². The standard InChI is InChI=1S/C41H60N4O3/c1-30(12-10-22-45(6)29-31-13-8-7-9-14-31)34-15-16-35-39-36(28-38(41(34,35)3)48-25-21-44-5)40(2)18-17-33(46-24-20-43-4)26-32(40)27-37(39)47-23-11-19-42/h7-9,13-14,30,32-39H,10-12,15-18,20-29H2,1-3,6H3/t30-,32+,33-,34-,35+,36+,37-,38+,39+,40+,41-/m1/s1. The van der Waals surface area contributed by atoms with Crippen molar-refractivity contribution in [3.8, 4) is 6.07 Å². The van der Waals surface area contributed by atoms with Crippen LogP contribution in [0.3, 0.4) is 0 Å². The van der Waals surface area contributed by atoms with E-state index in [1.54, 1.807) is 0 Å². The lowest BCUT2D eigenvalue weighted by molar-refractivity contribution is -0.226. The minimum absolute atomic E-state index is 0.0403. The fourth-order valence-electron chi connectivity index (χ4n) is 11.3. The number of fused-ring (bicyclic) bond motifs is 5. The van der Waals surface area contributed by atoms with Crippen LogP contribution in [0.5, 0.6) is 0 Å². The van der Waals surface area contributed by atoms with E-state index in [4.69, 9.17) is 27.4 Å². The molecule has 0 heterocycles. The van der Waals surface area contributed by atoms with E-state index in [0.717, 1.165) is 45.2 Å². The highest BCUT2D eigenvalue weighted by atomic mass is 16.5. The van der Waals surface area contributed by atoms with Gasteiger partial charge in [-0.3, -0.25) is 0 Å². The molecule has 4 aliphatic carbocycles. The molecule has 0 aromatic heterocycles. The fourth-order valence-corrected chi connectivity index (χ4v) is 11.3. The first-order valence-corrected chi connectivity index (χ1v) is 18.9. The van der Waals surface area contributed by atoms with Crippen molar-refractivity contribution >= 4 is 0 Å². The third kappa shape index (κ3) is 7.95. The fraction of sp³-hybridized carbons (Fsp3) is 0.780. The van der Waals surface area contributed by atoms with E-state index in [9.17, 15) is 5.26 Å². The topological polar surface area (TPSA) is 63.4 Å². The molecule has 48 heavy (non-hydrogen) atoms. The third-order valence-corrected chi connectivity index (χ3v) is 13.6.